The van der Waals surface area contributed by atoms with Crippen molar-refractivity contribution in [1.82, 2.24) is 0 Å². The van der Waals surface area contributed by atoms with E-state index in [0.29, 0.717) is 10.6 Å². The summed E-state index contributed by atoms with van der Waals surface area (Å²) in [6.45, 7) is 11.0. The van der Waals surface area contributed by atoms with Crippen LogP contribution in [0.3, 0.4) is 0 Å². The molecule has 0 amide bonds. The smallest absolute Gasteiger partial charge is 0.341 e. The first-order valence-corrected chi connectivity index (χ1v) is 10.4. The first kappa shape index (κ1) is 21.4. The van der Waals surface area contributed by atoms with E-state index in [-0.39, 0.29) is 23.0 Å². The van der Waals surface area contributed by atoms with Gasteiger partial charge in [-0.25, -0.2) is 9.18 Å². The molecule has 3 nitrogen and oxygen atoms in total. The number of halogens is 1. The molecule has 0 aromatic heterocycles. The Morgan fingerprint density at radius 1 is 1.07 bits per heavy atom. The van der Waals surface area contributed by atoms with Crippen LogP contribution >= 0.6 is 12.2 Å². The Balaban J connectivity index is 1.85. The van der Waals surface area contributed by atoms with Crippen LogP contribution in [0.25, 0.3) is 0 Å². The number of ether oxygens (including phenoxy) is 1. The van der Waals surface area contributed by atoms with Gasteiger partial charge in [0.2, 0.25) is 0 Å². The number of hydrogen-bond acceptors (Lipinski definition) is 3. The van der Waals surface area contributed by atoms with Crippen molar-refractivity contribution >= 4 is 28.9 Å². The van der Waals surface area contributed by atoms with Gasteiger partial charge in [-0.05, 0) is 66.0 Å². The second kappa shape index (κ2) is 7.86. The van der Waals surface area contributed by atoms with E-state index >= 15 is 0 Å². The molecule has 29 heavy (non-hydrogen) atoms. The van der Waals surface area contributed by atoms with E-state index in [9.17, 15) is 9.18 Å². The van der Waals surface area contributed by atoms with Crippen LogP contribution in [0.5, 0.6) is 0 Å². The maximum Gasteiger partial charge on any atom is 0.341 e. The number of fused-ring (bicyclic) bond motifs is 1. The van der Waals surface area contributed by atoms with Crippen LogP contribution in [0.1, 0.15) is 74.5 Å². The molecule has 0 radical (unpaired) electrons. The van der Waals surface area contributed by atoms with Gasteiger partial charge in [0.05, 0.1) is 12.2 Å². The van der Waals surface area contributed by atoms with Gasteiger partial charge in [0.25, 0.3) is 0 Å². The van der Waals surface area contributed by atoms with Crippen molar-refractivity contribution < 1.29 is 13.9 Å². The maximum absolute atomic E-state index is 14.3. The van der Waals surface area contributed by atoms with E-state index in [1.807, 2.05) is 6.07 Å². The quantitative estimate of drug-likeness (QED) is 0.483. The highest BCUT2D eigenvalue weighted by molar-refractivity contribution is 7.81. The molecular weight excluding hydrogens is 385 g/mol. The fraction of sp³-hybridized carbons (Fsp3) is 0.417. The summed E-state index contributed by atoms with van der Waals surface area (Å²) in [6, 6.07) is 10.7. The van der Waals surface area contributed by atoms with Gasteiger partial charge in [-0.3, -0.25) is 0 Å². The average Bonchev–Trinajstić information content (AvgIpc) is 2.65. The topological polar surface area (TPSA) is 38.3 Å². The number of carbonyl (C=O) groups excluding carboxylic acids is 1. The van der Waals surface area contributed by atoms with Gasteiger partial charge < -0.3 is 10.1 Å². The van der Waals surface area contributed by atoms with Gasteiger partial charge in [-0.2, -0.15) is 0 Å². The van der Waals surface area contributed by atoms with Crippen molar-refractivity contribution in [2.24, 2.45) is 0 Å². The van der Waals surface area contributed by atoms with E-state index in [4.69, 9.17) is 17.0 Å². The zero-order valence-electron chi connectivity index (χ0n) is 17.7. The fourth-order valence-electron chi connectivity index (χ4n) is 3.90. The van der Waals surface area contributed by atoms with Crippen molar-refractivity contribution in [1.29, 1.82) is 0 Å². The second-order valence-electron chi connectivity index (χ2n) is 8.90. The molecule has 1 N–H and O–H groups in total. The van der Waals surface area contributed by atoms with Crippen molar-refractivity contribution in [2.45, 2.75) is 58.3 Å². The maximum atomic E-state index is 14.3. The minimum atomic E-state index is -0.671. The zero-order valence-corrected chi connectivity index (χ0v) is 18.5. The van der Waals surface area contributed by atoms with E-state index < -0.39 is 11.8 Å². The number of nitrogens with one attached hydrogen (secondary N) is 1. The fourth-order valence-corrected chi connectivity index (χ4v) is 4.15. The van der Waals surface area contributed by atoms with Gasteiger partial charge in [-0.1, -0.05) is 52.0 Å². The Bertz CT molecular complexity index is 965. The number of anilines is 1. The monoisotopic (exact) mass is 413 g/mol. The van der Waals surface area contributed by atoms with Crippen LogP contribution in [-0.2, 0) is 15.6 Å². The summed E-state index contributed by atoms with van der Waals surface area (Å²) in [7, 11) is 0. The summed E-state index contributed by atoms with van der Waals surface area (Å²) in [6.07, 6.45) is 2.28. The lowest BCUT2D eigenvalue weighted by Crippen LogP contribution is -2.33. The van der Waals surface area contributed by atoms with E-state index in [1.165, 1.54) is 23.3 Å². The Morgan fingerprint density at radius 2 is 1.72 bits per heavy atom. The molecule has 2 aromatic carbocycles. The predicted molar refractivity (Wildman–Crippen MR) is 119 cm³/mol. The standard InChI is InChI=1S/C24H28FNO2S/c1-6-28-22(27)17-9-7-15(13-20(17)25)21(29)26-16-8-10-18-19(14-16)24(4,5)12-11-23(18,2)3/h7-10,13-14H,6,11-12H2,1-5H3,(H,26,29). The zero-order chi connectivity index (χ0) is 21.4. The van der Waals surface area contributed by atoms with Crippen LogP contribution in [-0.4, -0.2) is 17.6 Å². The molecule has 1 aliphatic rings. The molecule has 3 rings (SSSR count). The Kier molecular flexibility index (Phi) is 5.81. The Labute approximate surface area is 177 Å². The molecular formula is C24H28FNO2S. The summed E-state index contributed by atoms with van der Waals surface area (Å²) in [4.78, 5) is 12.2. The molecule has 0 saturated carbocycles. The predicted octanol–water partition coefficient (Wildman–Crippen LogP) is 6.14. The van der Waals surface area contributed by atoms with E-state index in [1.54, 1.807) is 13.0 Å². The molecule has 154 valence electrons. The van der Waals surface area contributed by atoms with Gasteiger partial charge in [-0.15, -0.1) is 0 Å². The molecule has 0 fully saturated rings. The van der Waals surface area contributed by atoms with Crippen molar-refractivity contribution in [2.75, 3.05) is 11.9 Å². The number of hydrogen-bond donors (Lipinski definition) is 1. The largest absolute Gasteiger partial charge is 0.462 e. The van der Waals surface area contributed by atoms with Crippen LogP contribution < -0.4 is 5.32 Å². The van der Waals surface area contributed by atoms with E-state index in [2.05, 4.69) is 45.1 Å². The third-order valence-corrected chi connectivity index (χ3v) is 6.18. The summed E-state index contributed by atoms with van der Waals surface area (Å²) in [5.41, 5.74) is 4.25. The van der Waals surface area contributed by atoms with Crippen LogP contribution in [0.15, 0.2) is 36.4 Å². The van der Waals surface area contributed by atoms with Crippen molar-refractivity contribution in [3.05, 3.63) is 64.5 Å². The van der Waals surface area contributed by atoms with E-state index in [0.717, 1.165) is 18.5 Å². The molecule has 0 heterocycles. The molecule has 0 spiro atoms. The molecule has 0 bridgehead atoms. The summed E-state index contributed by atoms with van der Waals surface area (Å²) < 4.78 is 19.2. The van der Waals surface area contributed by atoms with Crippen molar-refractivity contribution in [3.63, 3.8) is 0 Å². The Hall–Kier alpha value is -2.27. The number of esters is 1. The second-order valence-corrected chi connectivity index (χ2v) is 9.31. The SMILES string of the molecule is CCOC(=O)c1ccc(C(=S)Nc2ccc3c(c2)C(C)(C)CCC3(C)C)cc1F. The number of rotatable bonds is 4. The highest BCUT2D eigenvalue weighted by atomic mass is 32.1. The van der Waals surface area contributed by atoms with Gasteiger partial charge in [0, 0.05) is 11.3 Å². The van der Waals surface area contributed by atoms with Gasteiger partial charge >= 0.3 is 5.97 Å². The minimum Gasteiger partial charge on any atom is -0.462 e. The first-order chi connectivity index (χ1) is 13.5. The highest BCUT2D eigenvalue weighted by Gasteiger charge is 2.37. The molecule has 0 unspecified atom stereocenters. The van der Waals surface area contributed by atoms with Crippen LogP contribution in [0.4, 0.5) is 10.1 Å². The molecule has 0 atom stereocenters. The summed E-state index contributed by atoms with van der Waals surface area (Å²) in [5.74, 6) is -1.31. The first-order valence-electron chi connectivity index (χ1n) is 9.98. The molecule has 0 saturated heterocycles. The number of carbonyl (C=O) groups is 1. The van der Waals surface area contributed by atoms with Crippen LogP contribution in [0, 0.1) is 5.82 Å². The Morgan fingerprint density at radius 3 is 2.34 bits per heavy atom. The van der Waals surface area contributed by atoms with Gasteiger partial charge in [0.15, 0.2) is 0 Å². The van der Waals surface area contributed by atoms with Crippen molar-refractivity contribution in [3.8, 4) is 0 Å². The third kappa shape index (κ3) is 4.35. The lowest BCUT2D eigenvalue weighted by Gasteiger charge is -2.42. The molecule has 1 aliphatic carbocycles. The highest BCUT2D eigenvalue weighted by Crippen LogP contribution is 2.46. The summed E-state index contributed by atoms with van der Waals surface area (Å²) in [5, 5.41) is 3.22. The average molecular weight is 414 g/mol. The summed E-state index contributed by atoms with van der Waals surface area (Å²) >= 11 is 5.49. The number of thiocarbonyl (C=S) groups is 1. The lowest BCUT2D eigenvalue weighted by molar-refractivity contribution is 0.0521. The van der Waals surface area contributed by atoms with Gasteiger partial charge in [0.1, 0.15) is 10.8 Å². The van der Waals surface area contributed by atoms with Crippen LogP contribution in [0.2, 0.25) is 0 Å². The normalized spacial score (nSPS) is 16.6. The molecule has 5 heteroatoms. The minimum absolute atomic E-state index is 0.0869. The molecule has 0 aliphatic heterocycles. The third-order valence-electron chi connectivity index (χ3n) is 5.84. The molecule has 2 aromatic rings. The number of benzene rings is 2. The lowest BCUT2D eigenvalue weighted by atomic mass is 9.63.